The van der Waals surface area contributed by atoms with E-state index < -0.39 is 5.82 Å². The zero-order valence-corrected chi connectivity index (χ0v) is 10.9. The molecule has 1 unspecified atom stereocenters. The minimum atomic E-state index is -0.477. The third-order valence-corrected chi connectivity index (χ3v) is 2.47. The van der Waals surface area contributed by atoms with Gasteiger partial charge in [-0.15, -0.1) is 0 Å². The summed E-state index contributed by atoms with van der Waals surface area (Å²) in [4.78, 5) is 13.2. The fraction of sp³-hybridized carbons (Fsp3) is 0.462. The second-order valence-electron chi connectivity index (χ2n) is 4.18. The molecule has 2 N–H and O–H groups in total. The summed E-state index contributed by atoms with van der Waals surface area (Å²) in [6.07, 6.45) is 0.228. The minimum absolute atomic E-state index is 0.145. The van der Waals surface area contributed by atoms with Crippen molar-refractivity contribution in [2.24, 2.45) is 5.73 Å². The number of anilines is 1. The lowest BCUT2D eigenvalue weighted by atomic mass is 10.2. The monoisotopic (exact) mass is 254 g/mol. The Hall–Kier alpha value is -1.62. The Bertz CT molecular complexity index is 421. The predicted molar refractivity (Wildman–Crippen MR) is 69.2 cm³/mol. The summed E-state index contributed by atoms with van der Waals surface area (Å²) >= 11 is 0. The fourth-order valence-corrected chi connectivity index (χ4v) is 1.53. The summed E-state index contributed by atoms with van der Waals surface area (Å²) in [5, 5.41) is 0. The Morgan fingerprint density at radius 3 is 2.72 bits per heavy atom. The first-order chi connectivity index (χ1) is 8.45. The van der Waals surface area contributed by atoms with Crippen molar-refractivity contribution in [2.75, 3.05) is 18.6 Å². The van der Waals surface area contributed by atoms with Crippen molar-refractivity contribution >= 4 is 11.6 Å². The van der Waals surface area contributed by atoms with E-state index in [9.17, 15) is 9.18 Å². The Balaban J connectivity index is 2.83. The summed E-state index contributed by atoms with van der Waals surface area (Å²) < 4.78 is 18.7. The second kappa shape index (κ2) is 6.35. The highest BCUT2D eigenvalue weighted by Crippen LogP contribution is 2.23. The maximum absolute atomic E-state index is 13.6. The van der Waals surface area contributed by atoms with E-state index in [0.29, 0.717) is 12.3 Å². The Kier molecular flexibility index (Phi) is 5.09. The molecular weight excluding hydrogens is 235 g/mol. The van der Waals surface area contributed by atoms with Crippen molar-refractivity contribution in [2.45, 2.75) is 26.3 Å². The van der Waals surface area contributed by atoms with Gasteiger partial charge < -0.3 is 15.4 Å². The van der Waals surface area contributed by atoms with Gasteiger partial charge in [0.15, 0.2) is 11.6 Å². The van der Waals surface area contributed by atoms with E-state index in [4.69, 9.17) is 10.5 Å². The van der Waals surface area contributed by atoms with Crippen LogP contribution in [-0.2, 0) is 4.79 Å². The number of nitrogens with zero attached hydrogens (tertiary/aromatic N) is 1. The van der Waals surface area contributed by atoms with Gasteiger partial charge in [0.25, 0.3) is 0 Å². The van der Waals surface area contributed by atoms with Crippen molar-refractivity contribution in [1.82, 2.24) is 0 Å². The van der Waals surface area contributed by atoms with Crippen LogP contribution in [-0.4, -0.2) is 25.6 Å². The Morgan fingerprint density at radius 1 is 1.56 bits per heavy atom. The highest BCUT2D eigenvalue weighted by Gasteiger charge is 2.14. The number of amides is 1. The van der Waals surface area contributed by atoms with Crippen molar-refractivity contribution in [3.8, 4) is 5.75 Å². The largest absolute Gasteiger partial charge is 0.491 e. The van der Waals surface area contributed by atoms with Crippen LogP contribution < -0.4 is 15.4 Å². The number of carbonyl (C=O) groups excluding carboxylic acids is 1. The number of benzene rings is 1. The smallest absolute Gasteiger partial charge is 0.228 e. The van der Waals surface area contributed by atoms with Crippen molar-refractivity contribution < 1.29 is 13.9 Å². The molecule has 1 atom stereocenters. The topological polar surface area (TPSA) is 55.6 Å². The highest BCUT2D eigenvalue weighted by atomic mass is 19.1. The summed E-state index contributed by atoms with van der Waals surface area (Å²) in [6, 6.07) is 4.23. The lowest BCUT2D eigenvalue weighted by Crippen LogP contribution is -2.31. The van der Waals surface area contributed by atoms with Crippen LogP contribution in [0.25, 0.3) is 0 Å². The number of ether oxygens (including phenoxy) is 1. The molecule has 5 heteroatoms. The van der Waals surface area contributed by atoms with Gasteiger partial charge in [0.1, 0.15) is 0 Å². The second-order valence-corrected chi connectivity index (χ2v) is 4.18. The zero-order chi connectivity index (χ0) is 13.7. The van der Waals surface area contributed by atoms with Crippen LogP contribution in [0.5, 0.6) is 5.75 Å². The quantitative estimate of drug-likeness (QED) is 0.873. The average Bonchev–Trinajstić information content (AvgIpc) is 2.30. The van der Waals surface area contributed by atoms with E-state index in [-0.39, 0.29) is 24.1 Å². The third kappa shape index (κ3) is 3.70. The third-order valence-electron chi connectivity index (χ3n) is 2.47. The standard InChI is InChI=1S/C13H19FN2O2/c1-4-18-12-6-5-10(8-11(12)14)16(3)13(17)7-9(2)15/h5-6,8-9H,4,7,15H2,1-3H3. The van der Waals surface area contributed by atoms with Crippen LogP contribution in [0.2, 0.25) is 0 Å². The molecule has 0 radical (unpaired) electrons. The van der Waals surface area contributed by atoms with Gasteiger partial charge in [0.2, 0.25) is 5.91 Å². The molecule has 1 aromatic carbocycles. The van der Waals surface area contributed by atoms with Gasteiger partial charge in [-0.05, 0) is 26.0 Å². The Morgan fingerprint density at radius 2 is 2.22 bits per heavy atom. The van der Waals surface area contributed by atoms with Gasteiger partial charge >= 0.3 is 0 Å². The molecule has 0 saturated carbocycles. The number of halogens is 1. The molecule has 18 heavy (non-hydrogen) atoms. The number of nitrogens with two attached hydrogens (primary N) is 1. The molecule has 1 amide bonds. The molecular formula is C13H19FN2O2. The summed E-state index contributed by atoms with van der Waals surface area (Å²) in [6.45, 7) is 3.94. The van der Waals surface area contributed by atoms with Crippen LogP contribution >= 0.6 is 0 Å². The first-order valence-electron chi connectivity index (χ1n) is 5.90. The van der Waals surface area contributed by atoms with Crippen LogP contribution in [0.4, 0.5) is 10.1 Å². The molecule has 100 valence electrons. The molecule has 0 aliphatic heterocycles. The molecule has 1 rings (SSSR count). The first kappa shape index (κ1) is 14.4. The van der Waals surface area contributed by atoms with Gasteiger partial charge in [-0.25, -0.2) is 4.39 Å². The van der Waals surface area contributed by atoms with E-state index in [1.54, 1.807) is 27.0 Å². The SMILES string of the molecule is CCOc1ccc(N(C)C(=O)CC(C)N)cc1F. The molecule has 0 heterocycles. The number of hydrogen-bond donors (Lipinski definition) is 1. The van der Waals surface area contributed by atoms with Gasteiger partial charge in [0, 0.05) is 31.3 Å². The van der Waals surface area contributed by atoms with Crippen LogP contribution in [0.1, 0.15) is 20.3 Å². The van der Waals surface area contributed by atoms with E-state index in [1.165, 1.54) is 17.0 Å². The average molecular weight is 254 g/mol. The number of rotatable bonds is 5. The van der Waals surface area contributed by atoms with Crippen LogP contribution in [0.3, 0.4) is 0 Å². The fourth-order valence-electron chi connectivity index (χ4n) is 1.53. The van der Waals surface area contributed by atoms with E-state index in [2.05, 4.69) is 0 Å². The van der Waals surface area contributed by atoms with Gasteiger partial charge in [0.05, 0.1) is 6.61 Å². The zero-order valence-electron chi connectivity index (χ0n) is 10.9. The summed E-state index contributed by atoms with van der Waals surface area (Å²) in [5.41, 5.74) is 6.05. The first-order valence-corrected chi connectivity index (χ1v) is 5.90. The molecule has 0 saturated heterocycles. The van der Waals surface area contributed by atoms with Crippen molar-refractivity contribution in [3.63, 3.8) is 0 Å². The maximum Gasteiger partial charge on any atom is 0.228 e. The molecule has 0 bridgehead atoms. The van der Waals surface area contributed by atoms with Crippen LogP contribution in [0, 0.1) is 5.82 Å². The molecule has 4 nitrogen and oxygen atoms in total. The molecule has 0 aliphatic rings. The van der Waals surface area contributed by atoms with E-state index in [1.807, 2.05) is 0 Å². The van der Waals surface area contributed by atoms with Crippen LogP contribution in [0.15, 0.2) is 18.2 Å². The number of hydrogen-bond acceptors (Lipinski definition) is 3. The van der Waals surface area contributed by atoms with Crippen molar-refractivity contribution in [1.29, 1.82) is 0 Å². The van der Waals surface area contributed by atoms with Gasteiger partial charge in [-0.1, -0.05) is 0 Å². The van der Waals surface area contributed by atoms with Crippen molar-refractivity contribution in [3.05, 3.63) is 24.0 Å². The van der Waals surface area contributed by atoms with Gasteiger partial charge in [-0.2, -0.15) is 0 Å². The predicted octanol–water partition coefficient (Wildman–Crippen LogP) is 1.92. The highest BCUT2D eigenvalue weighted by molar-refractivity contribution is 5.93. The lowest BCUT2D eigenvalue weighted by molar-refractivity contribution is -0.118. The molecule has 0 spiro atoms. The molecule has 0 fully saturated rings. The van der Waals surface area contributed by atoms with E-state index >= 15 is 0 Å². The number of carbonyl (C=O) groups is 1. The lowest BCUT2D eigenvalue weighted by Gasteiger charge is -2.19. The summed E-state index contributed by atoms with van der Waals surface area (Å²) in [5.74, 6) is -0.433. The van der Waals surface area contributed by atoms with Gasteiger partial charge in [-0.3, -0.25) is 4.79 Å². The molecule has 0 aromatic heterocycles. The maximum atomic E-state index is 13.6. The minimum Gasteiger partial charge on any atom is -0.491 e. The molecule has 1 aromatic rings. The Labute approximate surface area is 107 Å². The normalized spacial score (nSPS) is 12.1. The van der Waals surface area contributed by atoms with E-state index in [0.717, 1.165) is 0 Å². The summed E-state index contributed by atoms with van der Waals surface area (Å²) in [7, 11) is 1.60. The molecule has 0 aliphatic carbocycles.